The Morgan fingerprint density at radius 2 is 2.09 bits per heavy atom. The molecule has 2 aliphatic rings. The Morgan fingerprint density at radius 3 is 3.00 bits per heavy atom. The second-order valence-corrected chi connectivity index (χ2v) is 6.21. The molecule has 2 aromatic heterocycles. The van der Waals surface area contributed by atoms with Crippen molar-refractivity contribution in [3.8, 4) is 5.75 Å². The minimum Gasteiger partial charge on any atom is -0.491 e. The Bertz CT molecular complexity index is 870. The second kappa shape index (κ2) is 4.94. The first-order valence-electron chi connectivity index (χ1n) is 8.05. The standard InChI is InChI=1S/C17H17N5O/c1-2-4-16-13(3-1)10-21(7-8-23-16)15-9-14(12-5-6-12)20-22-11-18-19-17(15)22/h1-4,9,11-12H,5-8,10H2. The molecular weight excluding hydrogens is 290 g/mol. The average Bonchev–Trinajstić information content (AvgIpc) is 3.35. The van der Waals surface area contributed by atoms with Crippen molar-refractivity contribution in [3.63, 3.8) is 0 Å². The Balaban J connectivity index is 1.60. The molecule has 1 aliphatic carbocycles. The fourth-order valence-corrected chi connectivity index (χ4v) is 3.17. The number of ether oxygens (including phenoxy) is 1. The van der Waals surface area contributed by atoms with E-state index in [4.69, 9.17) is 4.74 Å². The summed E-state index contributed by atoms with van der Waals surface area (Å²) in [6.07, 6.45) is 4.14. The monoisotopic (exact) mass is 307 g/mol. The number of fused-ring (bicyclic) bond motifs is 2. The summed E-state index contributed by atoms with van der Waals surface area (Å²) in [4.78, 5) is 2.32. The highest BCUT2D eigenvalue weighted by molar-refractivity contribution is 5.69. The van der Waals surface area contributed by atoms with Crippen LogP contribution >= 0.6 is 0 Å². The number of para-hydroxylation sites is 1. The Kier molecular flexibility index (Phi) is 2.76. The fourth-order valence-electron chi connectivity index (χ4n) is 3.17. The van der Waals surface area contributed by atoms with Crippen molar-refractivity contribution in [2.24, 2.45) is 0 Å². The van der Waals surface area contributed by atoms with Crippen molar-refractivity contribution in [1.29, 1.82) is 0 Å². The van der Waals surface area contributed by atoms with E-state index >= 15 is 0 Å². The zero-order valence-corrected chi connectivity index (χ0v) is 12.7. The predicted octanol–water partition coefficient (Wildman–Crippen LogP) is 2.40. The van der Waals surface area contributed by atoms with Crippen molar-refractivity contribution in [1.82, 2.24) is 19.8 Å². The molecule has 0 N–H and O–H groups in total. The SMILES string of the molecule is c1ccc2c(c1)CN(c1cc(C3CC3)nn3cnnc13)CCO2. The molecule has 3 aromatic rings. The number of benzene rings is 1. The lowest BCUT2D eigenvalue weighted by Gasteiger charge is -2.22. The lowest BCUT2D eigenvalue weighted by Crippen LogP contribution is -2.26. The zero-order chi connectivity index (χ0) is 15.2. The van der Waals surface area contributed by atoms with Gasteiger partial charge in [0.1, 0.15) is 18.7 Å². The summed E-state index contributed by atoms with van der Waals surface area (Å²) in [5, 5.41) is 13.0. The van der Waals surface area contributed by atoms with Crippen LogP contribution in [-0.2, 0) is 6.54 Å². The number of hydrogen-bond donors (Lipinski definition) is 0. The van der Waals surface area contributed by atoms with E-state index in [1.165, 1.54) is 18.4 Å². The van der Waals surface area contributed by atoms with Crippen LogP contribution in [0.5, 0.6) is 5.75 Å². The normalized spacial score (nSPS) is 17.7. The lowest BCUT2D eigenvalue weighted by atomic mass is 10.1. The maximum absolute atomic E-state index is 5.88. The van der Waals surface area contributed by atoms with Crippen LogP contribution in [0, 0.1) is 0 Å². The summed E-state index contributed by atoms with van der Waals surface area (Å²) in [6, 6.07) is 10.4. The molecule has 0 spiro atoms. The Morgan fingerprint density at radius 1 is 1.17 bits per heavy atom. The second-order valence-electron chi connectivity index (χ2n) is 6.21. The highest BCUT2D eigenvalue weighted by atomic mass is 16.5. The van der Waals surface area contributed by atoms with E-state index in [9.17, 15) is 0 Å². The van der Waals surface area contributed by atoms with Crippen LogP contribution in [-0.4, -0.2) is 33.0 Å². The molecule has 6 nitrogen and oxygen atoms in total. The molecular formula is C17H17N5O. The molecule has 0 bridgehead atoms. The van der Waals surface area contributed by atoms with Gasteiger partial charge in [0.05, 0.1) is 17.9 Å². The van der Waals surface area contributed by atoms with Gasteiger partial charge in [-0.3, -0.25) is 0 Å². The highest BCUT2D eigenvalue weighted by Crippen LogP contribution is 2.40. The van der Waals surface area contributed by atoms with E-state index in [1.807, 2.05) is 12.1 Å². The molecule has 23 heavy (non-hydrogen) atoms. The number of aromatic nitrogens is 4. The van der Waals surface area contributed by atoms with Crippen molar-refractivity contribution in [3.05, 3.63) is 47.9 Å². The van der Waals surface area contributed by atoms with Gasteiger partial charge in [-0.25, -0.2) is 0 Å². The Labute approximate surface area is 133 Å². The molecule has 0 unspecified atom stereocenters. The number of nitrogens with zero attached hydrogens (tertiary/aromatic N) is 5. The van der Waals surface area contributed by atoms with E-state index in [2.05, 4.69) is 38.4 Å². The van der Waals surface area contributed by atoms with Gasteiger partial charge in [0.25, 0.3) is 0 Å². The first kappa shape index (κ1) is 12.9. The molecule has 0 amide bonds. The smallest absolute Gasteiger partial charge is 0.200 e. The van der Waals surface area contributed by atoms with Crippen molar-refractivity contribution >= 4 is 11.3 Å². The quantitative estimate of drug-likeness (QED) is 0.727. The number of hydrogen-bond acceptors (Lipinski definition) is 5. The first-order valence-corrected chi connectivity index (χ1v) is 8.05. The number of anilines is 1. The van der Waals surface area contributed by atoms with E-state index in [0.717, 1.165) is 35.9 Å². The molecule has 5 rings (SSSR count). The van der Waals surface area contributed by atoms with E-state index in [-0.39, 0.29) is 0 Å². The van der Waals surface area contributed by atoms with Crippen LogP contribution in [0.25, 0.3) is 5.65 Å². The van der Waals surface area contributed by atoms with Gasteiger partial charge in [-0.15, -0.1) is 10.2 Å². The lowest BCUT2D eigenvalue weighted by molar-refractivity contribution is 0.331. The summed E-state index contributed by atoms with van der Waals surface area (Å²) in [5.41, 5.74) is 4.26. The maximum Gasteiger partial charge on any atom is 0.200 e. The van der Waals surface area contributed by atoms with Crippen LogP contribution in [0.4, 0.5) is 5.69 Å². The van der Waals surface area contributed by atoms with E-state index in [1.54, 1.807) is 10.8 Å². The van der Waals surface area contributed by atoms with Gasteiger partial charge in [0.2, 0.25) is 5.65 Å². The van der Waals surface area contributed by atoms with Gasteiger partial charge in [-0.05, 0) is 25.0 Å². The third kappa shape index (κ3) is 2.21. The van der Waals surface area contributed by atoms with Gasteiger partial charge in [-0.2, -0.15) is 9.61 Å². The van der Waals surface area contributed by atoms with Gasteiger partial charge < -0.3 is 9.64 Å². The molecule has 1 aromatic carbocycles. The highest BCUT2D eigenvalue weighted by Gasteiger charge is 2.28. The van der Waals surface area contributed by atoms with Gasteiger partial charge in [0, 0.05) is 18.0 Å². The molecule has 0 saturated heterocycles. The van der Waals surface area contributed by atoms with Crippen LogP contribution < -0.4 is 9.64 Å². The topological polar surface area (TPSA) is 55.6 Å². The predicted molar refractivity (Wildman–Crippen MR) is 85.7 cm³/mol. The average molecular weight is 307 g/mol. The van der Waals surface area contributed by atoms with Gasteiger partial charge in [-0.1, -0.05) is 18.2 Å². The molecule has 0 atom stereocenters. The van der Waals surface area contributed by atoms with E-state index in [0.29, 0.717) is 12.5 Å². The first-order chi connectivity index (χ1) is 11.4. The minimum atomic E-state index is 0.594. The van der Waals surface area contributed by atoms with Gasteiger partial charge >= 0.3 is 0 Å². The molecule has 1 saturated carbocycles. The summed E-state index contributed by atoms with van der Waals surface area (Å²) in [6.45, 7) is 2.30. The van der Waals surface area contributed by atoms with Crippen molar-refractivity contribution < 1.29 is 4.74 Å². The molecule has 116 valence electrons. The summed E-state index contributed by atoms with van der Waals surface area (Å²) in [7, 11) is 0. The van der Waals surface area contributed by atoms with Crippen LogP contribution in [0.2, 0.25) is 0 Å². The van der Waals surface area contributed by atoms with Crippen molar-refractivity contribution in [2.75, 3.05) is 18.1 Å². The minimum absolute atomic E-state index is 0.594. The molecule has 1 fully saturated rings. The molecule has 0 radical (unpaired) electrons. The van der Waals surface area contributed by atoms with Crippen LogP contribution in [0.3, 0.4) is 0 Å². The molecule has 1 aliphatic heterocycles. The molecule has 6 heteroatoms. The fraction of sp³-hybridized carbons (Fsp3) is 0.353. The van der Waals surface area contributed by atoms with E-state index < -0.39 is 0 Å². The number of rotatable bonds is 2. The molecule has 3 heterocycles. The summed E-state index contributed by atoms with van der Waals surface area (Å²) < 4.78 is 7.69. The van der Waals surface area contributed by atoms with Crippen molar-refractivity contribution in [2.45, 2.75) is 25.3 Å². The Hall–Kier alpha value is -2.63. The zero-order valence-electron chi connectivity index (χ0n) is 12.7. The third-order valence-electron chi connectivity index (χ3n) is 4.56. The van der Waals surface area contributed by atoms with Crippen LogP contribution in [0.1, 0.15) is 30.0 Å². The van der Waals surface area contributed by atoms with Gasteiger partial charge in [0.15, 0.2) is 0 Å². The largest absolute Gasteiger partial charge is 0.491 e. The van der Waals surface area contributed by atoms with Crippen LogP contribution in [0.15, 0.2) is 36.7 Å². The summed E-state index contributed by atoms with van der Waals surface area (Å²) in [5.74, 6) is 1.57. The third-order valence-corrected chi connectivity index (χ3v) is 4.56. The summed E-state index contributed by atoms with van der Waals surface area (Å²) >= 11 is 0. The maximum atomic E-state index is 5.88.